The smallest absolute Gasteiger partial charge is 0.326 e. The molecule has 5 heteroatoms. The molecule has 0 heterocycles. The highest BCUT2D eigenvalue weighted by Crippen LogP contribution is 2.41. The van der Waals surface area contributed by atoms with E-state index in [-0.39, 0.29) is 5.91 Å². The average Bonchev–Trinajstić information content (AvgIpc) is 2.90. The fourth-order valence-corrected chi connectivity index (χ4v) is 2.74. The van der Waals surface area contributed by atoms with Gasteiger partial charge in [0.05, 0.1) is 5.41 Å². The summed E-state index contributed by atoms with van der Waals surface area (Å²) < 4.78 is 5.09. The first-order chi connectivity index (χ1) is 9.55. The van der Waals surface area contributed by atoms with Gasteiger partial charge in [0, 0.05) is 13.7 Å². The quantitative estimate of drug-likeness (QED) is 0.669. The first-order valence-electron chi connectivity index (χ1n) is 7.19. The number of methoxy groups -OCH3 is 1. The van der Waals surface area contributed by atoms with E-state index in [2.05, 4.69) is 5.32 Å². The zero-order chi connectivity index (χ0) is 15.0. The van der Waals surface area contributed by atoms with Gasteiger partial charge in [-0.05, 0) is 32.6 Å². The number of rotatable bonds is 8. The molecule has 1 unspecified atom stereocenters. The van der Waals surface area contributed by atoms with Crippen LogP contribution >= 0.6 is 0 Å². The van der Waals surface area contributed by atoms with Gasteiger partial charge >= 0.3 is 5.97 Å². The Morgan fingerprint density at radius 2 is 2.05 bits per heavy atom. The Balaban J connectivity index is 2.71. The van der Waals surface area contributed by atoms with Gasteiger partial charge in [-0.2, -0.15) is 0 Å². The Morgan fingerprint density at radius 3 is 2.55 bits per heavy atom. The maximum absolute atomic E-state index is 12.5. The lowest BCUT2D eigenvalue weighted by Gasteiger charge is -2.29. The van der Waals surface area contributed by atoms with Crippen LogP contribution in [0.4, 0.5) is 0 Å². The van der Waals surface area contributed by atoms with Crippen LogP contribution in [-0.4, -0.2) is 36.7 Å². The highest BCUT2D eigenvalue weighted by atomic mass is 16.5. The number of allylic oxidation sites excluding steroid dienone is 1. The summed E-state index contributed by atoms with van der Waals surface area (Å²) in [4.78, 5) is 23.7. The minimum atomic E-state index is -0.990. The second-order valence-corrected chi connectivity index (χ2v) is 5.40. The summed E-state index contributed by atoms with van der Waals surface area (Å²) in [7, 11) is 1.62. The van der Waals surface area contributed by atoms with Gasteiger partial charge in [0.15, 0.2) is 0 Å². The van der Waals surface area contributed by atoms with Gasteiger partial charge in [0.25, 0.3) is 0 Å². The molecule has 1 atom stereocenters. The minimum Gasteiger partial charge on any atom is -0.480 e. The van der Waals surface area contributed by atoms with Crippen LogP contribution in [0.25, 0.3) is 0 Å². The molecule has 114 valence electrons. The van der Waals surface area contributed by atoms with Crippen molar-refractivity contribution < 1.29 is 19.4 Å². The number of aliphatic carboxylic acids is 1. The summed E-state index contributed by atoms with van der Waals surface area (Å²) in [6.45, 7) is 2.36. The van der Waals surface area contributed by atoms with Gasteiger partial charge in [0.1, 0.15) is 6.04 Å². The molecule has 0 spiro atoms. The summed E-state index contributed by atoms with van der Waals surface area (Å²) in [5.41, 5.74) is -0.445. The molecule has 1 aliphatic rings. The van der Waals surface area contributed by atoms with Crippen molar-refractivity contribution in [2.75, 3.05) is 13.7 Å². The van der Waals surface area contributed by atoms with Crippen molar-refractivity contribution in [1.29, 1.82) is 0 Å². The Bertz CT molecular complexity index is 359. The Kier molecular flexibility index (Phi) is 6.71. The van der Waals surface area contributed by atoms with Crippen LogP contribution in [0.2, 0.25) is 0 Å². The molecule has 20 heavy (non-hydrogen) atoms. The van der Waals surface area contributed by atoms with Crippen molar-refractivity contribution in [3.8, 4) is 0 Å². The summed E-state index contributed by atoms with van der Waals surface area (Å²) in [6.07, 6.45) is 8.20. The summed E-state index contributed by atoms with van der Waals surface area (Å²) in [6, 6.07) is -0.848. The SMILES string of the molecule is C/C=C/CC(NC(=O)C1(CCOC)CCCC1)C(=O)O. The average molecular weight is 283 g/mol. The second kappa shape index (κ2) is 8.04. The number of carbonyl (C=O) groups excluding carboxylic acids is 1. The standard InChI is InChI=1S/C15H25NO4/c1-3-4-7-12(13(17)18)16-14(19)15(10-11-20-2)8-5-6-9-15/h3-4,12H,5-11H2,1-2H3,(H,16,19)(H,17,18)/b4-3+. The number of ether oxygens (including phenoxy) is 1. The van der Waals surface area contributed by atoms with E-state index >= 15 is 0 Å². The van der Waals surface area contributed by atoms with Crippen molar-refractivity contribution in [2.24, 2.45) is 5.41 Å². The topological polar surface area (TPSA) is 75.6 Å². The lowest BCUT2D eigenvalue weighted by molar-refractivity contribution is -0.144. The number of carbonyl (C=O) groups is 2. The first kappa shape index (κ1) is 16.7. The normalized spacial score (nSPS) is 19.1. The van der Waals surface area contributed by atoms with Crippen molar-refractivity contribution in [1.82, 2.24) is 5.32 Å². The molecule has 1 amide bonds. The molecule has 0 aromatic carbocycles. The highest BCUT2D eigenvalue weighted by molar-refractivity contribution is 5.87. The van der Waals surface area contributed by atoms with Gasteiger partial charge in [-0.3, -0.25) is 4.79 Å². The molecule has 1 saturated carbocycles. The monoisotopic (exact) mass is 283 g/mol. The third-order valence-electron chi connectivity index (χ3n) is 4.04. The molecule has 1 aliphatic carbocycles. The van der Waals surface area contributed by atoms with Crippen molar-refractivity contribution in [3.05, 3.63) is 12.2 Å². The number of amides is 1. The van der Waals surface area contributed by atoms with E-state index in [0.717, 1.165) is 25.7 Å². The molecule has 2 N–H and O–H groups in total. The molecule has 0 saturated heterocycles. The molecular weight excluding hydrogens is 258 g/mol. The maximum atomic E-state index is 12.5. The molecule has 0 aliphatic heterocycles. The van der Waals surface area contributed by atoms with Crippen LogP contribution in [0.5, 0.6) is 0 Å². The summed E-state index contributed by atoms with van der Waals surface area (Å²) in [5, 5.41) is 11.9. The Hall–Kier alpha value is -1.36. The number of hydrogen-bond donors (Lipinski definition) is 2. The van der Waals surface area contributed by atoms with E-state index in [4.69, 9.17) is 4.74 Å². The van der Waals surface area contributed by atoms with E-state index in [1.807, 2.05) is 6.92 Å². The molecule has 0 radical (unpaired) electrons. The molecule has 0 bridgehead atoms. The second-order valence-electron chi connectivity index (χ2n) is 5.40. The van der Waals surface area contributed by atoms with Crippen LogP contribution in [0.1, 0.15) is 45.4 Å². The summed E-state index contributed by atoms with van der Waals surface area (Å²) in [5.74, 6) is -1.12. The van der Waals surface area contributed by atoms with Crippen molar-refractivity contribution in [2.45, 2.75) is 51.5 Å². The molecule has 0 aromatic heterocycles. The Labute approximate surface area is 120 Å². The zero-order valence-electron chi connectivity index (χ0n) is 12.4. The van der Waals surface area contributed by atoms with Crippen LogP contribution in [0, 0.1) is 5.41 Å². The molecule has 5 nitrogen and oxygen atoms in total. The molecular formula is C15H25NO4. The van der Waals surface area contributed by atoms with E-state index < -0.39 is 17.4 Å². The third-order valence-corrected chi connectivity index (χ3v) is 4.04. The largest absolute Gasteiger partial charge is 0.480 e. The van der Waals surface area contributed by atoms with E-state index in [0.29, 0.717) is 19.4 Å². The van der Waals surface area contributed by atoms with Gasteiger partial charge in [-0.1, -0.05) is 25.0 Å². The number of hydrogen-bond acceptors (Lipinski definition) is 3. The predicted octanol–water partition coefficient (Wildman–Crippen LogP) is 2.12. The highest BCUT2D eigenvalue weighted by Gasteiger charge is 2.41. The third kappa shape index (κ3) is 4.34. The molecule has 1 rings (SSSR count). The van der Waals surface area contributed by atoms with Gasteiger partial charge in [0.2, 0.25) is 5.91 Å². The lowest BCUT2D eigenvalue weighted by atomic mass is 9.81. The lowest BCUT2D eigenvalue weighted by Crippen LogP contribution is -2.48. The van der Waals surface area contributed by atoms with Gasteiger partial charge < -0.3 is 15.2 Å². The van der Waals surface area contributed by atoms with E-state index in [1.165, 1.54) is 0 Å². The number of carboxylic acid groups (broad SMARTS) is 1. The first-order valence-corrected chi connectivity index (χ1v) is 7.19. The van der Waals surface area contributed by atoms with Gasteiger partial charge in [-0.15, -0.1) is 0 Å². The zero-order valence-corrected chi connectivity index (χ0v) is 12.4. The van der Waals surface area contributed by atoms with Crippen LogP contribution in [-0.2, 0) is 14.3 Å². The summed E-state index contributed by atoms with van der Waals surface area (Å²) >= 11 is 0. The number of carboxylic acids is 1. The Morgan fingerprint density at radius 1 is 1.40 bits per heavy atom. The van der Waals surface area contributed by atoms with Crippen LogP contribution in [0.3, 0.4) is 0 Å². The number of nitrogens with one attached hydrogen (secondary N) is 1. The van der Waals surface area contributed by atoms with E-state index in [1.54, 1.807) is 19.3 Å². The molecule has 0 aromatic rings. The predicted molar refractivity (Wildman–Crippen MR) is 76.4 cm³/mol. The fourth-order valence-electron chi connectivity index (χ4n) is 2.74. The van der Waals surface area contributed by atoms with Crippen molar-refractivity contribution >= 4 is 11.9 Å². The maximum Gasteiger partial charge on any atom is 0.326 e. The fraction of sp³-hybridized carbons (Fsp3) is 0.733. The minimum absolute atomic E-state index is 0.135. The van der Waals surface area contributed by atoms with Crippen LogP contribution in [0.15, 0.2) is 12.2 Å². The molecule has 1 fully saturated rings. The van der Waals surface area contributed by atoms with Crippen molar-refractivity contribution in [3.63, 3.8) is 0 Å². The van der Waals surface area contributed by atoms with Crippen LogP contribution < -0.4 is 5.32 Å². The van der Waals surface area contributed by atoms with E-state index in [9.17, 15) is 14.7 Å². The van der Waals surface area contributed by atoms with Gasteiger partial charge in [-0.25, -0.2) is 4.79 Å².